The summed E-state index contributed by atoms with van der Waals surface area (Å²) in [4.78, 5) is 1.31. The average Bonchev–Trinajstić information content (AvgIpc) is 2.41. The number of ether oxygens (including phenoxy) is 1. The number of hydrogen-bond donors (Lipinski definition) is 2. The lowest BCUT2D eigenvalue weighted by molar-refractivity contribution is 0.0195. The Morgan fingerprint density at radius 3 is 2.83 bits per heavy atom. The molecule has 0 bridgehead atoms. The number of nitrogens with two attached hydrogens (primary N) is 1. The predicted molar refractivity (Wildman–Crippen MR) is 77.0 cm³/mol. The molecular weight excluding hydrogens is 244 g/mol. The van der Waals surface area contributed by atoms with Crippen LogP contribution in [0.3, 0.4) is 0 Å². The number of rotatable bonds is 5. The van der Waals surface area contributed by atoms with Crippen LogP contribution in [-0.4, -0.2) is 31.6 Å². The van der Waals surface area contributed by atoms with Gasteiger partial charge in [0.25, 0.3) is 0 Å². The van der Waals surface area contributed by atoms with E-state index in [0.717, 1.165) is 31.9 Å². The molecule has 1 aliphatic rings. The molecule has 4 heteroatoms. The van der Waals surface area contributed by atoms with Gasteiger partial charge in [0.1, 0.15) is 0 Å². The van der Waals surface area contributed by atoms with Gasteiger partial charge in [-0.3, -0.25) is 0 Å². The van der Waals surface area contributed by atoms with Gasteiger partial charge in [0.15, 0.2) is 0 Å². The topological polar surface area (TPSA) is 47.3 Å². The summed E-state index contributed by atoms with van der Waals surface area (Å²) in [7, 11) is 0. The van der Waals surface area contributed by atoms with Crippen molar-refractivity contribution in [2.45, 2.75) is 30.4 Å². The highest BCUT2D eigenvalue weighted by molar-refractivity contribution is 7.99. The van der Waals surface area contributed by atoms with Gasteiger partial charge >= 0.3 is 0 Å². The minimum Gasteiger partial charge on any atom is -0.376 e. The highest BCUT2D eigenvalue weighted by Crippen LogP contribution is 2.22. The smallest absolute Gasteiger partial charge is 0.0718 e. The molecule has 0 radical (unpaired) electrons. The van der Waals surface area contributed by atoms with Gasteiger partial charge in [0.2, 0.25) is 0 Å². The molecule has 3 nitrogen and oxygen atoms in total. The SMILES string of the molecule is CCSc1ccc(C(N)CC2CNCCO2)cc1. The summed E-state index contributed by atoms with van der Waals surface area (Å²) in [6, 6.07) is 8.65. The Morgan fingerprint density at radius 2 is 2.22 bits per heavy atom. The number of thioether (sulfide) groups is 1. The molecule has 0 saturated carbocycles. The van der Waals surface area contributed by atoms with Crippen molar-refractivity contribution >= 4 is 11.8 Å². The van der Waals surface area contributed by atoms with E-state index in [9.17, 15) is 0 Å². The first-order valence-electron chi connectivity index (χ1n) is 6.60. The Labute approximate surface area is 113 Å². The van der Waals surface area contributed by atoms with Crippen molar-refractivity contribution in [2.75, 3.05) is 25.4 Å². The van der Waals surface area contributed by atoms with Gasteiger partial charge in [-0.05, 0) is 29.9 Å². The van der Waals surface area contributed by atoms with Crippen LogP contribution < -0.4 is 11.1 Å². The maximum Gasteiger partial charge on any atom is 0.0718 e. The van der Waals surface area contributed by atoms with Gasteiger partial charge in [0, 0.05) is 24.0 Å². The zero-order chi connectivity index (χ0) is 12.8. The third kappa shape index (κ3) is 3.99. The van der Waals surface area contributed by atoms with Crippen molar-refractivity contribution < 1.29 is 4.74 Å². The lowest BCUT2D eigenvalue weighted by atomic mass is 10.0. The zero-order valence-electron chi connectivity index (χ0n) is 10.9. The van der Waals surface area contributed by atoms with E-state index in [2.05, 4.69) is 36.5 Å². The van der Waals surface area contributed by atoms with E-state index in [4.69, 9.17) is 10.5 Å². The van der Waals surface area contributed by atoms with Crippen LogP contribution in [0.2, 0.25) is 0 Å². The second-order valence-corrected chi connectivity index (χ2v) is 5.88. The van der Waals surface area contributed by atoms with Crippen molar-refractivity contribution in [2.24, 2.45) is 5.73 Å². The summed E-state index contributed by atoms with van der Waals surface area (Å²) < 4.78 is 5.69. The molecule has 3 N–H and O–H groups in total. The minimum absolute atomic E-state index is 0.0653. The van der Waals surface area contributed by atoms with Crippen molar-refractivity contribution in [1.82, 2.24) is 5.32 Å². The van der Waals surface area contributed by atoms with Gasteiger partial charge in [-0.25, -0.2) is 0 Å². The van der Waals surface area contributed by atoms with E-state index < -0.39 is 0 Å². The Bertz CT molecular complexity index is 349. The summed E-state index contributed by atoms with van der Waals surface area (Å²) in [5.74, 6) is 1.10. The molecule has 1 aliphatic heterocycles. The number of nitrogens with one attached hydrogen (secondary N) is 1. The van der Waals surface area contributed by atoms with Crippen LogP contribution in [0.25, 0.3) is 0 Å². The fraction of sp³-hybridized carbons (Fsp3) is 0.571. The molecule has 2 unspecified atom stereocenters. The number of hydrogen-bond acceptors (Lipinski definition) is 4. The van der Waals surface area contributed by atoms with Crippen molar-refractivity contribution in [3.05, 3.63) is 29.8 Å². The largest absolute Gasteiger partial charge is 0.376 e. The van der Waals surface area contributed by atoms with Crippen LogP contribution in [0.5, 0.6) is 0 Å². The van der Waals surface area contributed by atoms with Crippen molar-refractivity contribution in [3.63, 3.8) is 0 Å². The third-order valence-corrected chi connectivity index (χ3v) is 4.03. The zero-order valence-corrected chi connectivity index (χ0v) is 11.7. The highest BCUT2D eigenvalue weighted by Gasteiger charge is 2.17. The second-order valence-electron chi connectivity index (χ2n) is 4.54. The molecule has 0 aromatic heterocycles. The normalized spacial score (nSPS) is 21.8. The highest BCUT2D eigenvalue weighted by atomic mass is 32.2. The van der Waals surface area contributed by atoms with Crippen molar-refractivity contribution in [3.8, 4) is 0 Å². The fourth-order valence-electron chi connectivity index (χ4n) is 2.17. The van der Waals surface area contributed by atoms with Gasteiger partial charge in [-0.1, -0.05) is 19.1 Å². The molecule has 100 valence electrons. The summed E-state index contributed by atoms with van der Waals surface area (Å²) in [5.41, 5.74) is 7.43. The molecule has 0 amide bonds. The molecule has 18 heavy (non-hydrogen) atoms. The van der Waals surface area contributed by atoms with Crippen LogP contribution in [-0.2, 0) is 4.74 Å². The van der Waals surface area contributed by atoms with Crippen molar-refractivity contribution in [1.29, 1.82) is 0 Å². The molecule has 0 spiro atoms. The van der Waals surface area contributed by atoms with Crippen LogP contribution in [0.1, 0.15) is 24.9 Å². The number of morpholine rings is 1. The molecule has 1 aromatic carbocycles. The van der Waals surface area contributed by atoms with E-state index in [0.29, 0.717) is 0 Å². The molecular formula is C14H22N2OS. The summed E-state index contributed by atoms with van der Waals surface area (Å²) in [5, 5.41) is 3.33. The molecule has 2 rings (SSSR count). The Hall–Kier alpha value is -0.550. The van der Waals surface area contributed by atoms with E-state index >= 15 is 0 Å². The number of benzene rings is 1. The molecule has 1 fully saturated rings. The Morgan fingerprint density at radius 1 is 1.44 bits per heavy atom. The standard InChI is InChI=1S/C14H22N2OS/c1-2-18-13-5-3-11(4-6-13)14(15)9-12-10-16-7-8-17-12/h3-6,12,14,16H,2,7-10,15H2,1H3. The molecule has 1 saturated heterocycles. The second kappa shape index (κ2) is 7.14. The first kappa shape index (κ1) is 13.9. The quantitative estimate of drug-likeness (QED) is 0.802. The van der Waals surface area contributed by atoms with E-state index in [1.165, 1.54) is 10.5 Å². The summed E-state index contributed by atoms with van der Waals surface area (Å²) in [6.45, 7) is 4.83. The average molecular weight is 266 g/mol. The first-order chi connectivity index (χ1) is 8.79. The summed E-state index contributed by atoms with van der Waals surface area (Å²) >= 11 is 1.86. The van der Waals surface area contributed by atoms with E-state index in [-0.39, 0.29) is 12.1 Å². The Kier molecular flexibility index (Phi) is 5.50. The Balaban J connectivity index is 1.89. The van der Waals surface area contributed by atoms with Gasteiger partial charge < -0.3 is 15.8 Å². The predicted octanol–water partition coefficient (Wildman–Crippen LogP) is 2.18. The maximum atomic E-state index is 6.24. The van der Waals surface area contributed by atoms with Gasteiger partial charge in [-0.2, -0.15) is 0 Å². The monoisotopic (exact) mass is 266 g/mol. The lowest BCUT2D eigenvalue weighted by Gasteiger charge is -2.26. The maximum absolute atomic E-state index is 6.24. The third-order valence-electron chi connectivity index (χ3n) is 3.14. The van der Waals surface area contributed by atoms with Crippen LogP contribution in [0.4, 0.5) is 0 Å². The lowest BCUT2D eigenvalue weighted by Crippen LogP contribution is -2.40. The van der Waals surface area contributed by atoms with Gasteiger partial charge in [-0.15, -0.1) is 11.8 Å². The van der Waals surface area contributed by atoms with Gasteiger partial charge in [0.05, 0.1) is 12.7 Å². The molecule has 2 atom stereocenters. The molecule has 1 heterocycles. The summed E-state index contributed by atoms with van der Waals surface area (Å²) in [6.07, 6.45) is 1.13. The van der Waals surface area contributed by atoms with E-state index in [1.807, 2.05) is 11.8 Å². The molecule has 0 aliphatic carbocycles. The van der Waals surface area contributed by atoms with Crippen LogP contribution in [0, 0.1) is 0 Å². The minimum atomic E-state index is 0.0653. The molecule has 1 aromatic rings. The fourth-order valence-corrected chi connectivity index (χ4v) is 2.83. The van der Waals surface area contributed by atoms with Crippen LogP contribution in [0.15, 0.2) is 29.2 Å². The van der Waals surface area contributed by atoms with E-state index in [1.54, 1.807) is 0 Å². The van der Waals surface area contributed by atoms with Crippen LogP contribution >= 0.6 is 11.8 Å². The first-order valence-corrected chi connectivity index (χ1v) is 7.59.